The van der Waals surface area contributed by atoms with Crippen molar-refractivity contribution in [1.82, 2.24) is 20.2 Å². The summed E-state index contributed by atoms with van der Waals surface area (Å²) in [6, 6.07) is 7.65. The molecule has 180 valence electrons. The highest BCUT2D eigenvalue weighted by Gasteiger charge is 2.23. The SMILES string of the molecule is Cc1c(C(=O)NCCCN2CCOCC2)sc2ncnc(NC[C@H]3COc4ccccc4O3)c12. The molecule has 2 aliphatic heterocycles. The van der Waals surface area contributed by atoms with Crippen LogP contribution in [0.25, 0.3) is 10.2 Å². The van der Waals surface area contributed by atoms with Crippen LogP contribution in [0.4, 0.5) is 5.82 Å². The summed E-state index contributed by atoms with van der Waals surface area (Å²) in [4.78, 5) is 25.6. The number of morpholine rings is 1. The molecule has 34 heavy (non-hydrogen) atoms. The molecule has 2 aliphatic rings. The monoisotopic (exact) mass is 483 g/mol. The van der Waals surface area contributed by atoms with Crippen LogP contribution >= 0.6 is 11.3 Å². The number of thiophene rings is 1. The lowest BCUT2D eigenvalue weighted by atomic mass is 10.2. The first-order valence-electron chi connectivity index (χ1n) is 11.6. The lowest BCUT2D eigenvalue weighted by Crippen LogP contribution is -2.38. The summed E-state index contributed by atoms with van der Waals surface area (Å²) in [5.74, 6) is 2.15. The van der Waals surface area contributed by atoms with Crippen molar-refractivity contribution < 1.29 is 19.0 Å². The number of rotatable bonds is 8. The van der Waals surface area contributed by atoms with Crippen LogP contribution in [0.5, 0.6) is 11.5 Å². The molecule has 5 rings (SSSR count). The van der Waals surface area contributed by atoms with Crippen molar-refractivity contribution in [1.29, 1.82) is 0 Å². The minimum absolute atomic E-state index is 0.0611. The van der Waals surface area contributed by atoms with Gasteiger partial charge in [0.15, 0.2) is 11.5 Å². The highest BCUT2D eigenvalue weighted by Crippen LogP contribution is 2.34. The van der Waals surface area contributed by atoms with Crippen LogP contribution in [0.3, 0.4) is 0 Å². The first kappa shape index (κ1) is 22.8. The number of benzene rings is 1. The molecule has 9 nitrogen and oxygen atoms in total. The summed E-state index contributed by atoms with van der Waals surface area (Å²) in [5, 5.41) is 7.31. The Kier molecular flexibility index (Phi) is 7.08. The Balaban J connectivity index is 1.20. The van der Waals surface area contributed by atoms with Crippen LogP contribution in [-0.4, -0.2) is 79.4 Å². The fourth-order valence-corrected chi connectivity index (χ4v) is 5.27. The normalized spacial score (nSPS) is 18.1. The average molecular weight is 484 g/mol. The number of ether oxygens (including phenoxy) is 3. The fraction of sp³-hybridized carbons (Fsp3) is 0.458. The molecule has 1 fully saturated rings. The molecule has 3 aromatic rings. The van der Waals surface area contributed by atoms with E-state index in [0.29, 0.717) is 30.4 Å². The Morgan fingerprint density at radius 1 is 1.21 bits per heavy atom. The molecule has 1 saturated heterocycles. The van der Waals surface area contributed by atoms with Crippen molar-refractivity contribution in [3.63, 3.8) is 0 Å². The number of hydrogen-bond donors (Lipinski definition) is 2. The van der Waals surface area contributed by atoms with Crippen LogP contribution in [-0.2, 0) is 4.74 Å². The summed E-state index contributed by atoms with van der Waals surface area (Å²) in [5.41, 5.74) is 0.889. The molecule has 2 N–H and O–H groups in total. The van der Waals surface area contributed by atoms with Gasteiger partial charge >= 0.3 is 0 Å². The number of nitrogens with one attached hydrogen (secondary N) is 2. The zero-order chi connectivity index (χ0) is 23.3. The van der Waals surface area contributed by atoms with Crippen molar-refractivity contribution in [2.24, 2.45) is 0 Å². The second-order valence-corrected chi connectivity index (χ2v) is 9.40. The number of amides is 1. The number of para-hydroxylation sites is 2. The lowest BCUT2D eigenvalue weighted by Gasteiger charge is -2.26. The quantitative estimate of drug-likeness (QED) is 0.472. The minimum atomic E-state index is -0.145. The van der Waals surface area contributed by atoms with Crippen LogP contribution in [0.15, 0.2) is 30.6 Å². The van der Waals surface area contributed by atoms with E-state index >= 15 is 0 Å². The Morgan fingerprint density at radius 3 is 2.88 bits per heavy atom. The van der Waals surface area contributed by atoms with Crippen molar-refractivity contribution in [2.45, 2.75) is 19.4 Å². The van der Waals surface area contributed by atoms with Gasteiger partial charge in [0.05, 0.1) is 30.0 Å². The fourth-order valence-electron chi connectivity index (χ4n) is 4.21. The number of carbonyl (C=O) groups is 1. The van der Waals surface area contributed by atoms with Gasteiger partial charge in [0.2, 0.25) is 0 Å². The predicted octanol–water partition coefficient (Wildman–Crippen LogP) is 2.70. The second kappa shape index (κ2) is 10.5. The summed E-state index contributed by atoms with van der Waals surface area (Å²) >= 11 is 1.40. The maximum atomic E-state index is 12.9. The third-order valence-electron chi connectivity index (χ3n) is 6.04. The second-order valence-electron chi connectivity index (χ2n) is 8.40. The van der Waals surface area contributed by atoms with E-state index in [2.05, 4.69) is 25.5 Å². The van der Waals surface area contributed by atoms with E-state index in [0.717, 1.165) is 66.5 Å². The van der Waals surface area contributed by atoms with E-state index in [-0.39, 0.29) is 12.0 Å². The summed E-state index contributed by atoms with van der Waals surface area (Å²) in [6.45, 7) is 8.04. The molecule has 0 bridgehead atoms. The topological polar surface area (TPSA) is 97.8 Å². The van der Waals surface area contributed by atoms with Gasteiger partial charge in [-0.25, -0.2) is 9.97 Å². The number of aromatic nitrogens is 2. The maximum Gasteiger partial charge on any atom is 0.261 e. The minimum Gasteiger partial charge on any atom is -0.486 e. The Bertz CT molecular complexity index is 1150. The highest BCUT2D eigenvalue weighted by molar-refractivity contribution is 7.20. The van der Waals surface area contributed by atoms with Gasteiger partial charge in [0.25, 0.3) is 5.91 Å². The molecular weight excluding hydrogens is 454 g/mol. The number of nitrogens with zero attached hydrogens (tertiary/aromatic N) is 3. The molecule has 0 radical (unpaired) electrons. The van der Waals surface area contributed by atoms with E-state index in [4.69, 9.17) is 14.2 Å². The van der Waals surface area contributed by atoms with E-state index in [1.807, 2.05) is 31.2 Å². The van der Waals surface area contributed by atoms with E-state index < -0.39 is 0 Å². The van der Waals surface area contributed by atoms with Crippen LogP contribution in [0.2, 0.25) is 0 Å². The molecular formula is C24H29N5O4S. The van der Waals surface area contributed by atoms with Crippen molar-refractivity contribution in [2.75, 3.05) is 57.9 Å². The highest BCUT2D eigenvalue weighted by atomic mass is 32.1. The Morgan fingerprint density at radius 2 is 2.03 bits per heavy atom. The van der Waals surface area contributed by atoms with Gasteiger partial charge in [0.1, 0.15) is 29.7 Å². The predicted molar refractivity (Wildman–Crippen MR) is 131 cm³/mol. The van der Waals surface area contributed by atoms with Crippen LogP contribution in [0, 0.1) is 6.92 Å². The zero-order valence-corrected chi connectivity index (χ0v) is 20.0. The van der Waals surface area contributed by atoms with Gasteiger partial charge in [-0.2, -0.15) is 0 Å². The molecule has 10 heteroatoms. The molecule has 0 saturated carbocycles. The number of aryl methyl sites for hydroxylation is 1. The third-order valence-corrected chi connectivity index (χ3v) is 7.24. The van der Waals surface area contributed by atoms with E-state index in [1.54, 1.807) is 0 Å². The molecule has 0 aliphatic carbocycles. The average Bonchev–Trinajstić information content (AvgIpc) is 3.23. The number of anilines is 1. The van der Waals surface area contributed by atoms with Crippen molar-refractivity contribution in [3.05, 3.63) is 41.0 Å². The molecule has 4 heterocycles. The molecule has 1 amide bonds. The van der Waals surface area contributed by atoms with Gasteiger partial charge < -0.3 is 24.8 Å². The lowest BCUT2D eigenvalue weighted by molar-refractivity contribution is 0.0374. The Labute approximate surface area is 202 Å². The van der Waals surface area contributed by atoms with Gasteiger partial charge in [-0.3, -0.25) is 9.69 Å². The van der Waals surface area contributed by atoms with Gasteiger partial charge in [-0.15, -0.1) is 11.3 Å². The van der Waals surface area contributed by atoms with E-state index in [9.17, 15) is 4.79 Å². The standard InChI is InChI=1S/C24H29N5O4S/c1-16-20-22(26-13-17-14-32-18-5-2-3-6-19(18)33-17)27-15-28-24(20)34-21(16)23(30)25-7-4-8-29-9-11-31-12-10-29/h2-3,5-6,15,17H,4,7-14H2,1H3,(H,25,30)(H,26,27,28)/t17-/m0/s1. The largest absolute Gasteiger partial charge is 0.486 e. The summed E-state index contributed by atoms with van der Waals surface area (Å²) < 4.78 is 17.2. The smallest absolute Gasteiger partial charge is 0.261 e. The van der Waals surface area contributed by atoms with Gasteiger partial charge in [-0.05, 0) is 37.6 Å². The van der Waals surface area contributed by atoms with Gasteiger partial charge in [-0.1, -0.05) is 12.1 Å². The third kappa shape index (κ3) is 5.08. The summed E-state index contributed by atoms with van der Waals surface area (Å²) in [7, 11) is 0. The van der Waals surface area contributed by atoms with Crippen molar-refractivity contribution in [3.8, 4) is 11.5 Å². The van der Waals surface area contributed by atoms with Crippen LogP contribution < -0.4 is 20.1 Å². The molecule has 2 aromatic heterocycles. The maximum absolute atomic E-state index is 12.9. The van der Waals surface area contributed by atoms with Crippen molar-refractivity contribution >= 4 is 33.3 Å². The number of fused-ring (bicyclic) bond motifs is 2. The number of carbonyl (C=O) groups excluding carboxylic acids is 1. The summed E-state index contributed by atoms with van der Waals surface area (Å²) in [6.07, 6.45) is 2.29. The first-order chi connectivity index (χ1) is 16.7. The molecule has 0 spiro atoms. The van der Waals surface area contributed by atoms with E-state index in [1.165, 1.54) is 17.7 Å². The molecule has 0 unspecified atom stereocenters. The molecule has 1 aromatic carbocycles. The van der Waals surface area contributed by atoms with Gasteiger partial charge in [0, 0.05) is 19.6 Å². The van der Waals surface area contributed by atoms with Crippen LogP contribution in [0.1, 0.15) is 21.7 Å². The molecule has 1 atom stereocenters. The first-order valence-corrected chi connectivity index (χ1v) is 12.5. The Hall–Kier alpha value is -2.95. The number of hydrogen-bond acceptors (Lipinski definition) is 9. The zero-order valence-electron chi connectivity index (χ0n) is 19.2.